The molecule has 0 saturated heterocycles. The smallest absolute Gasteiger partial charge is 0.120 e. The fourth-order valence-electron chi connectivity index (χ4n) is 1.22. The summed E-state index contributed by atoms with van der Waals surface area (Å²) in [5, 5.41) is 3.28. The first kappa shape index (κ1) is 13.6. The minimum atomic E-state index is 0.492. The highest BCUT2D eigenvalue weighted by molar-refractivity contribution is 9.10. The number of nitrogens with one attached hydrogen (secondary N) is 1. The molecule has 0 aliphatic rings. The second kappa shape index (κ2) is 7.71. The molecule has 0 bridgehead atoms. The lowest BCUT2D eigenvalue weighted by atomic mass is 10.2. The average molecular weight is 305 g/mol. The number of hydrogen-bond acceptors (Lipinski definition) is 2. The summed E-state index contributed by atoms with van der Waals surface area (Å²) >= 11 is 8.93. The molecule has 4 heteroatoms. The van der Waals surface area contributed by atoms with Crippen molar-refractivity contribution >= 4 is 27.5 Å². The molecule has 0 atom stereocenters. The monoisotopic (exact) mass is 303 g/mol. The molecule has 0 aliphatic heterocycles. The molecule has 0 radical (unpaired) electrons. The highest BCUT2D eigenvalue weighted by atomic mass is 79.9. The van der Waals surface area contributed by atoms with Crippen molar-refractivity contribution in [3.63, 3.8) is 0 Å². The molecule has 16 heavy (non-hydrogen) atoms. The van der Waals surface area contributed by atoms with E-state index in [0.717, 1.165) is 23.3 Å². The van der Waals surface area contributed by atoms with Crippen molar-refractivity contribution in [2.45, 2.75) is 13.5 Å². The maximum atomic E-state index is 5.50. The van der Waals surface area contributed by atoms with Crippen LogP contribution in [0.3, 0.4) is 0 Å². The van der Waals surface area contributed by atoms with Crippen LogP contribution in [0.5, 0.6) is 5.75 Å². The molecule has 2 nitrogen and oxygen atoms in total. The minimum Gasteiger partial charge on any atom is -0.489 e. The summed E-state index contributed by atoms with van der Waals surface area (Å²) in [6.07, 6.45) is 1.76. The first-order valence-electron chi connectivity index (χ1n) is 5.15. The van der Waals surface area contributed by atoms with E-state index in [0.29, 0.717) is 6.61 Å². The molecule has 0 spiro atoms. The fourth-order valence-corrected chi connectivity index (χ4v) is 1.68. The summed E-state index contributed by atoms with van der Waals surface area (Å²) in [6, 6.07) is 5.95. The maximum Gasteiger partial charge on any atom is 0.120 e. The maximum absolute atomic E-state index is 5.50. The van der Waals surface area contributed by atoms with Crippen LogP contribution >= 0.6 is 27.5 Å². The Labute approximate surface area is 110 Å². The first-order valence-corrected chi connectivity index (χ1v) is 6.38. The van der Waals surface area contributed by atoms with Crippen LogP contribution in [0.2, 0.25) is 0 Å². The Bertz CT molecular complexity index is 355. The second-order valence-electron chi connectivity index (χ2n) is 3.21. The van der Waals surface area contributed by atoms with Gasteiger partial charge < -0.3 is 10.1 Å². The summed E-state index contributed by atoms with van der Waals surface area (Å²) in [6.45, 7) is 4.36. The number of benzene rings is 1. The standard InChI is InChI=1S/C12H15BrClNO/c1-2-15-9-10-8-11(4-5-12(10)13)16-7-3-6-14/h3-6,8,15H,2,7,9H2,1H3/b6-3+. The van der Waals surface area contributed by atoms with Crippen LogP contribution in [-0.4, -0.2) is 13.2 Å². The largest absolute Gasteiger partial charge is 0.489 e. The van der Waals surface area contributed by atoms with Gasteiger partial charge in [0.2, 0.25) is 0 Å². The lowest BCUT2D eigenvalue weighted by molar-refractivity contribution is 0.362. The van der Waals surface area contributed by atoms with E-state index in [4.69, 9.17) is 16.3 Å². The van der Waals surface area contributed by atoms with Gasteiger partial charge in [-0.3, -0.25) is 0 Å². The van der Waals surface area contributed by atoms with E-state index >= 15 is 0 Å². The molecule has 1 rings (SSSR count). The number of halogens is 2. The summed E-state index contributed by atoms with van der Waals surface area (Å²) in [5.74, 6) is 0.853. The molecule has 0 amide bonds. The molecule has 1 aromatic rings. The number of ether oxygens (including phenoxy) is 1. The third-order valence-electron chi connectivity index (χ3n) is 2.02. The SMILES string of the molecule is CCNCc1cc(OC/C=C/Cl)ccc1Br. The summed E-state index contributed by atoms with van der Waals surface area (Å²) < 4.78 is 6.59. The predicted octanol–water partition coefficient (Wildman–Crippen LogP) is 3.69. The molecule has 88 valence electrons. The lowest BCUT2D eigenvalue weighted by Gasteiger charge is -2.08. The van der Waals surface area contributed by atoms with E-state index in [-0.39, 0.29) is 0 Å². The zero-order valence-electron chi connectivity index (χ0n) is 9.17. The van der Waals surface area contributed by atoms with Crippen LogP contribution in [-0.2, 0) is 6.54 Å². The van der Waals surface area contributed by atoms with E-state index in [9.17, 15) is 0 Å². The van der Waals surface area contributed by atoms with Gasteiger partial charge in [0, 0.05) is 16.6 Å². The van der Waals surface area contributed by atoms with Crippen molar-refractivity contribution in [3.8, 4) is 5.75 Å². The van der Waals surface area contributed by atoms with Gasteiger partial charge in [-0.2, -0.15) is 0 Å². The Kier molecular flexibility index (Phi) is 6.53. The van der Waals surface area contributed by atoms with Crippen LogP contribution in [0.1, 0.15) is 12.5 Å². The van der Waals surface area contributed by atoms with Gasteiger partial charge in [-0.1, -0.05) is 34.5 Å². The average Bonchev–Trinajstić information content (AvgIpc) is 2.30. The first-order chi connectivity index (χ1) is 7.77. The van der Waals surface area contributed by atoms with Crippen molar-refractivity contribution < 1.29 is 4.74 Å². The molecule has 1 N–H and O–H groups in total. The van der Waals surface area contributed by atoms with Crippen LogP contribution in [0.15, 0.2) is 34.3 Å². The molecular formula is C12H15BrClNO. The van der Waals surface area contributed by atoms with Crippen LogP contribution in [0.4, 0.5) is 0 Å². The van der Waals surface area contributed by atoms with E-state index in [2.05, 4.69) is 28.2 Å². The van der Waals surface area contributed by atoms with Gasteiger partial charge in [-0.15, -0.1) is 0 Å². The Morgan fingerprint density at radius 2 is 2.31 bits per heavy atom. The molecule has 0 unspecified atom stereocenters. The van der Waals surface area contributed by atoms with Gasteiger partial charge in [-0.25, -0.2) is 0 Å². The molecule has 0 aliphatic carbocycles. The van der Waals surface area contributed by atoms with Gasteiger partial charge in [0.1, 0.15) is 12.4 Å². The van der Waals surface area contributed by atoms with Crippen LogP contribution in [0, 0.1) is 0 Å². The van der Waals surface area contributed by atoms with Gasteiger partial charge >= 0.3 is 0 Å². The number of hydrogen-bond donors (Lipinski definition) is 1. The van der Waals surface area contributed by atoms with Crippen LogP contribution in [0.25, 0.3) is 0 Å². The van der Waals surface area contributed by atoms with Gasteiger partial charge in [0.15, 0.2) is 0 Å². The van der Waals surface area contributed by atoms with Crippen molar-refractivity contribution in [3.05, 3.63) is 39.8 Å². The molecular weight excluding hydrogens is 289 g/mol. The van der Waals surface area contributed by atoms with Crippen molar-refractivity contribution in [1.82, 2.24) is 5.32 Å². The zero-order chi connectivity index (χ0) is 11.8. The van der Waals surface area contributed by atoms with Crippen molar-refractivity contribution in [2.24, 2.45) is 0 Å². The summed E-state index contributed by atoms with van der Waals surface area (Å²) in [4.78, 5) is 0. The highest BCUT2D eigenvalue weighted by Gasteiger charge is 2.01. The van der Waals surface area contributed by atoms with E-state index in [1.165, 1.54) is 11.1 Å². The third-order valence-corrected chi connectivity index (χ3v) is 2.97. The van der Waals surface area contributed by atoms with Crippen molar-refractivity contribution in [2.75, 3.05) is 13.2 Å². The van der Waals surface area contributed by atoms with Gasteiger partial charge in [-0.05, 0) is 36.4 Å². The quantitative estimate of drug-likeness (QED) is 0.865. The Morgan fingerprint density at radius 3 is 3.00 bits per heavy atom. The van der Waals surface area contributed by atoms with Gasteiger partial charge in [0.25, 0.3) is 0 Å². The molecule has 0 aromatic heterocycles. The second-order valence-corrected chi connectivity index (χ2v) is 4.31. The van der Waals surface area contributed by atoms with Crippen LogP contribution < -0.4 is 10.1 Å². The summed E-state index contributed by atoms with van der Waals surface area (Å²) in [7, 11) is 0. The summed E-state index contributed by atoms with van der Waals surface area (Å²) in [5.41, 5.74) is 2.65. The molecule has 0 saturated carbocycles. The third kappa shape index (κ3) is 4.56. The Balaban J connectivity index is 2.65. The lowest BCUT2D eigenvalue weighted by Crippen LogP contribution is -2.12. The van der Waals surface area contributed by atoms with Gasteiger partial charge in [0.05, 0.1) is 0 Å². The molecule has 0 fully saturated rings. The Morgan fingerprint density at radius 1 is 1.50 bits per heavy atom. The zero-order valence-corrected chi connectivity index (χ0v) is 11.5. The fraction of sp³-hybridized carbons (Fsp3) is 0.333. The normalized spacial score (nSPS) is 10.9. The molecule has 1 aromatic carbocycles. The Hall–Kier alpha value is -0.510. The molecule has 0 heterocycles. The minimum absolute atomic E-state index is 0.492. The topological polar surface area (TPSA) is 21.3 Å². The van der Waals surface area contributed by atoms with Crippen molar-refractivity contribution in [1.29, 1.82) is 0 Å². The highest BCUT2D eigenvalue weighted by Crippen LogP contribution is 2.22. The van der Waals surface area contributed by atoms with E-state index in [1.54, 1.807) is 6.08 Å². The number of rotatable bonds is 6. The van der Waals surface area contributed by atoms with E-state index in [1.807, 2.05) is 18.2 Å². The van der Waals surface area contributed by atoms with E-state index < -0.39 is 0 Å². The predicted molar refractivity (Wildman–Crippen MR) is 72.0 cm³/mol.